The Labute approximate surface area is 84.6 Å². The third-order valence-corrected chi connectivity index (χ3v) is 3.34. The van der Waals surface area contributed by atoms with Crippen LogP contribution in [0.4, 0.5) is 0 Å². The molecule has 0 saturated carbocycles. The molecule has 2 heterocycles. The second-order valence-electron chi connectivity index (χ2n) is 2.37. The molecule has 2 aromatic heterocycles. The van der Waals surface area contributed by atoms with Gasteiger partial charge < -0.3 is 0 Å². The number of hydrogen-bond donors (Lipinski definition) is 0. The Balaban J connectivity index is 2.16. The fraction of sp³-hybridized carbons (Fsp3) is 0. The van der Waals surface area contributed by atoms with Crippen LogP contribution in [0.15, 0.2) is 48.8 Å². The van der Waals surface area contributed by atoms with E-state index in [0.29, 0.717) is 0 Å². The van der Waals surface area contributed by atoms with Gasteiger partial charge in [0.25, 0.3) is 0 Å². The molecule has 2 aromatic rings. The van der Waals surface area contributed by atoms with Gasteiger partial charge in [0.05, 0.1) is 0 Å². The first-order valence-corrected chi connectivity index (χ1v) is 5.63. The Morgan fingerprint density at radius 1 is 0.769 bits per heavy atom. The zero-order valence-electron chi connectivity index (χ0n) is 6.87. The van der Waals surface area contributed by atoms with Gasteiger partial charge in [0.15, 0.2) is 0 Å². The fourth-order valence-corrected chi connectivity index (χ4v) is 2.44. The quantitative estimate of drug-likeness (QED) is 0.733. The third-order valence-electron chi connectivity index (χ3n) is 1.42. The molecular weight excluding hydrogens is 249 g/mol. The number of rotatable bonds is 2. The van der Waals surface area contributed by atoms with Crippen molar-refractivity contribution in [3.05, 3.63) is 48.8 Å². The van der Waals surface area contributed by atoms with Crippen molar-refractivity contribution in [1.29, 1.82) is 0 Å². The first-order valence-electron chi connectivity index (χ1n) is 3.89. The van der Waals surface area contributed by atoms with Crippen molar-refractivity contribution in [2.45, 2.75) is 0 Å². The zero-order valence-corrected chi connectivity index (χ0v) is 8.60. The molecule has 2 rings (SSSR count). The van der Waals surface area contributed by atoms with E-state index in [-0.39, 0.29) is 17.1 Å². The topological polar surface area (TPSA) is 25.8 Å². The van der Waals surface area contributed by atoms with Crippen molar-refractivity contribution in [1.82, 2.24) is 9.97 Å². The van der Waals surface area contributed by atoms with Crippen LogP contribution in [0.1, 0.15) is 0 Å². The summed E-state index contributed by atoms with van der Waals surface area (Å²) in [7, 11) is 0. The number of pyridine rings is 2. The van der Waals surface area contributed by atoms with Crippen molar-refractivity contribution in [2.24, 2.45) is 0 Å². The Hall–Kier alpha value is -1.08. The van der Waals surface area contributed by atoms with Gasteiger partial charge in [0, 0.05) is 0 Å². The summed E-state index contributed by atoms with van der Waals surface area (Å²) in [6.07, 6.45) is 3.65. The average Bonchev–Trinajstić information content (AvgIpc) is 2.21. The molecule has 0 bridgehead atoms. The molecule has 0 aromatic carbocycles. The maximum atomic E-state index is 4.27. The summed E-state index contributed by atoms with van der Waals surface area (Å²) in [6.45, 7) is 0. The molecule has 0 aliphatic rings. The molecule has 0 aliphatic heterocycles. The van der Waals surface area contributed by atoms with Gasteiger partial charge in [-0.25, -0.2) is 0 Å². The summed E-state index contributed by atoms with van der Waals surface area (Å²) >= 11 is -0.0116. The molecule has 3 heteroatoms. The molecule has 0 saturated heterocycles. The van der Waals surface area contributed by atoms with E-state index in [2.05, 4.69) is 9.97 Å². The van der Waals surface area contributed by atoms with Gasteiger partial charge in [-0.1, -0.05) is 0 Å². The van der Waals surface area contributed by atoms with Crippen molar-refractivity contribution >= 4 is 8.58 Å². The van der Waals surface area contributed by atoms with Crippen LogP contribution in [-0.2, 0) is 17.1 Å². The van der Waals surface area contributed by atoms with Gasteiger partial charge in [-0.15, -0.1) is 0 Å². The van der Waals surface area contributed by atoms with E-state index in [9.17, 15) is 0 Å². The summed E-state index contributed by atoms with van der Waals surface area (Å²) in [5.74, 6) is 0. The zero-order chi connectivity index (χ0) is 8.93. The first-order chi connectivity index (χ1) is 6.45. The SMILES string of the molecule is c1cc[c]([Ru][c]2ccccn2)nc1. The van der Waals surface area contributed by atoms with Crippen LogP contribution in [0.3, 0.4) is 0 Å². The van der Waals surface area contributed by atoms with Crippen molar-refractivity contribution in [3.63, 3.8) is 0 Å². The Morgan fingerprint density at radius 3 is 1.69 bits per heavy atom. The number of nitrogens with zero attached hydrogens (tertiary/aromatic N) is 2. The number of hydrogen-bond acceptors (Lipinski definition) is 2. The molecule has 13 heavy (non-hydrogen) atoms. The predicted octanol–water partition coefficient (Wildman–Crippen LogP) is 0.510. The van der Waals surface area contributed by atoms with Crippen LogP contribution >= 0.6 is 0 Å². The number of aromatic nitrogens is 2. The predicted molar refractivity (Wildman–Crippen MR) is 47.7 cm³/mol. The van der Waals surface area contributed by atoms with Crippen LogP contribution in [0.2, 0.25) is 0 Å². The van der Waals surface area contributed by atoms with Crippen molar-refractivity contribution in [2.75, 3.05) is 0 Å². The van der Waals surface area contributed by atoms with Crippen LogP contribution in [0, 0.1) is 0 Å². The van der Waals surface area contributed by atoms with E-state index in [1.165, 1.54) is 0 Å². The van der Waals surface area contributed by atoms with Gasteiger partial charge in [-0.3, -0.25) is 0 Å². The summed E-state index contributed by atoms with van der Waals surface area (Å²) in [4.78, 5) is 8.55. The van der Waals surface area contributed by atoms with E-state index in [1.54, 1.807) is 0 Å². The molecule has 0 fully saturated rings. The van der Waals surface area contributed by atoms with Gasteiger partial charge in [-0.2, -0.15) is 0 Å². The normalized spacial score (nSPS) is 10.2. The second kappa shape index (κ2) is 4.24. The third kappa shape index (κ3) is 2.43. The minimum absolute atomic E-state index is 0.0116. The Morgan fingerprint density at radius 2 is 1.31 bits per heavy atom. The summed E-state index contributed by atoms with van der Waals surface area (Å²) in [5, 5.41) is 0. The fourth-order valence-electron chi connectivity index (χ4n) is 0.873. The molecule has 0 atom stereocenters. The van der Waals surface area contributed by atoms with E-state index in [0.717, 1.165) is 8.58 Å². The van der Waals surface area contributed by atoms with Gasteiger partial charge in [-0.05, 0) is 0 Å². The van der Waals surface area contributed by atoms with Crippen LogP contribution in [0.25, 0.3) is 0 Å². The summed E-state index contributed by atoms with van der Waals surface area (Å²) in [6, 6.07) is 12.0. The van der Waals surface area contributed by atoms with Crippen molar-refractivity contribution in [3.8, 4) is 0 Å². The van der Waals surface area contributed by atoms with Gasteiger partial charge in [0.1, 0.15) is 0 Å². The average molecular weight is 257 g/mol. The first kappa shape index (κ1) is 8.52. The van der Waals surface area contributed by atoms with E-state index >= 15 is 0 Å². The van der Waals surface area contributed by atoms with Crippen LogP contribution in [-0.4, -0.2) is 9.97 Å². The van der Waals surface area contributed by atoms with Crippen molar-refractivity contribution < 1.29 is 17.1 Å². The van der Waals surface area contributed by atoms with Gasteiger partial charge in [0.2, 0.25) is 0 Å². The van der Waals surface area contributed by atoms with E-state index < -0.39 is 0 Å². The molecule has 66 valence electrons. The molecule has 0 radical (unpaired) electrons. The molecule has 0 N–H and O–H groups in total. The van der Waals surface area contributed by atoms with Gasteiger partial charge >= 0.3 is 84.5 Å². The monoisotopic (exact) mass is 258 g/mol. The van der Waals surface area contributed by atoms with Crippen LogP contribution < -0.4 is 8.58 Å². The standard InChI is InChI=1S/2C5H4N.Ru/c2*1-2-4-6-5-3-1;/h2*1-4H;. The van der Waals surface area contributed by atoms with Crippen LogP contribution in [0.5, 0.6) is 0 Å². The summed E-state index contributed by atoms with van der Waals surface area (Å²) < 4.78 is 2.29. The Kier molecular flexibility index (Phi) is 2.78. The second-order valence-corrected chi connectivity index (χ2v) is 4.58. The molecule has 2 nitrogen and oxygen atoms in total. The Bertz CT molecular complexity index is 324. The molecule has 0 amide bonds. The molecule has 0 unspecified atom stereocenters. The molecular formula is C10H8N2Ru. The van der Waals surface area contributed by atoms with E-state index in [1.807, 2.05) is 48.8 Å². The minimum atomic E-state index is -0.0116. The van der Waals surface area contributed by atoms with E-state index in [4.69, 9.17) is 0 Å². The molecule has 0 spiro atoms. The maximum absolute atomic E-state index is 4.27. The summed E-state index contributed by atoms with van der Waals surface area (Å²) in [5.41, 5.74) is 0. The molecule has 0 aliphatic carbocycles.